The fraction of sp³-hybridized carbons (Fsp3) is 0.400. The summed E-state index contributed by atoms with van der Waals surface area (Å²) < 4.78 is 0. The molecule has 1 unspecified atom stereocenters. The minimum atomic E-state index is 0.482. The van der Waals surface area contributed by atoms with E-state index in [9.17, 15) is 0 Å². The minimum absolute atomic E-state index is 0.482. The number of nitrogens with zero attached hydrogens (tertiary/aromatic N) is 2. The highest BCUT2D eigenvalue weighted by Gasteiger charge is 2.05. The first kappa shape index (κ1) is 12.8. The van der Waals surface area contributed by atoms with Crippen LogP contribution in [0.25, 0.3) is 10.9 Å². The van der Waals surface area contributed by atoms with Crippen LogP contribution in [0.4, 0.5) is 5.69 Å². The number of hydrogen-bond acceptors (Lipinski definition) is 3. The van der Waals surface area contributed by atoms with Crippen molar-refractivity contribution in [3.8, 4) is 0 Å². The van der Waals surface area contributed by atoms with E-state index in [0.717, 1.165) is 17.6 Å². The standard InChI is InChI=1S/C15H21N3/c1-11(10-16)8-13-5-4-12-9-14(18(2)3)6-7-15(12)17-13/h4-7,9,11H,8,10,16H2,1-3H3. The maximum absolute atomic E-state index is 5.65. The Hall–Kier alpha value is -1.61. The monoisotopic (exact) mass is 243 g/mol. The minimum Gasteiger partial charge on any atom is -0.378 e. The fourth-order valence-electron chi connectivity index (χ4n) is 1.99. The van der Waals surface area contributed by atoms with E-state index in [0.29, 0.717) is 12.5 Å². The maximum Gasteiger partial charge on any atom is 0.0706 e. The van der Waals surface area contributed by atoms with Crippen molar-refractivity contribution in [3.05, 3.63) is 36.0 Å². The van der Waals surface area contributed by atoms with E-state index in [4.69, 9.17) is 5.73 Å². The summed E-state index contributed by atoms with van der Waals surface area (Å²) in [6, 6.07) is 10.6. The van der Waals surface area contributed by atoms with E-state index in [1.54, 1.807) is 0 Å². The number of fused-ring (bicyclic) bond motifs is 1. The van der Waals surface area contributed by atoms with E-state index in [1.807, 2.05) is 14.1 Å². The van der Waals surface area contributed by atoms with Gasteiger partial charge in [-0.2, -0.15) is 0 Å². The summed E-state index contributed by atoms with van der Waals surface area (Å²) >= 11 is 0. The molecular formula is C15H21N3. The molecule has 2 rings (SSSR count). The number of aromatic nitrogens is 1. The van der Waals surface area contributed by atoms with Crippen LogP contribution in [-0.2, 0) is 6.42 Å². The van der Waals surface area contributed by atoms with Crippen LogP contribution in [0, 0.1) is 5.92 Å². The van der Waals surface area contributed by atoms with Crippen molar-refractivity contribution in [1.29, 1.82) is 0 Å². The third-order valence-corrected chi connectivity index (χ3v) is 3.21. The molecule has 0 saturated heterocycles. The van der Waals surface area contributed by atoms with Gasteiger partial charge in [-0.15, -0.1) is 0 Å². The Bertz CT molecular complexity index is 534. The van der Waals surface area contributed by atoms with Gasteiger partial charge >= 0.3 is 0 Å². The predicted octanol–water partition coefficient (Wildman–Crippen LogP) is 2.44. The van der Waals surface area contributed by atoms with Gasteiger partial charge in [-0.05, 0) is 43.1 Å². The van der Waals surface area contributed by atoms with E-state index < -0.39 is 0 Å². The van der Waals surface area contributed by atoms with Crippen molar-refractivity contribution in [2.75, 3.05) is 25.5 Å². The van der Waals surface area contributed by atoms with Gasteiger partial charge in [0.05, 0.1) is 5.52 Å². The zero-order valence-electron chi connectivity index (χ0n) is 11.4. The molecule has 0 spiro atoms. The molecule has 0 aliphatic heterocycles. The normalized spacial score (nSPS) is 12.7. The van der Waals surface area contributed by atoms with Gasteiger partial charge in [0.25, 0.3) is 0 Å². The molecule has 1 aromatic heterocycles. The lowest BCUT2D eigenvalue weighted by Gasteiger charge is -2.13. The molecule has 0 bridgehead atoms. The highest BCUT2D eigenvalue weighted by molar-refractivity contribution is 5.82. The van der Waals surface area contributed by atoms with Gasteiger partial charge in [0, 0.05) is 30.9 Å². The van der Waals surface area contributed by atoms with Gasteiger partial charge in [-0.3, -0.25) is 4.98 Å². The van der Waals surface area contributed by atoms with Gasteiger partial charge in [0.15, 0.2) is 0 Å². The third kappa shape index (κ3) is 2.79. The Morgan fingerprint density at radius 3 is 2.67 bits per heavy atom. The average molecular weight is 243 g/mol. The Labute approximate surface area is 109 Å². The summed E-state index contributed by atoms with van der Waals surface area (Å²) in [5, 5.41) is 1.19. The van der Waals surface area contributed by atoms with E-state index in [1.165, 1.54) is 11.1 Å². The van der Waals surface area contributed by atoms with Crippen molar-refractivity contribution in [2.24, 2.45) is 11.7 Å². The number of pyridine rings is 1. The first-order valence-corrected chi connectivity index (χ1v) is 6.37. The molecule has 0 saturated carbocycles. The molecule has 96 valence electrons. The molecule has 1 aromatic carbocycles. The summed E-state index contributed by atoms with van der Waals surface area (Å²) in [5.74, 6) is 0.482. The highest BCUT2D eigenvalue weighted by atomic mass is 15.1. The van der Waals surface area contributed by atoms with Crippen molar-refractivity contribution in [2.45, 2.75) is 13.3 Å². The van der Waals surface area contributed by atoms with Crippen molar-refractivity contribution in [1.82, 2.24) is 4.98 Å². The molecule has 1 atom stereocenters. The molecule has 0 amide bonds. The summed E-state index contributed by atoms with van der Waals surface area (Å²) in [6.07, 6.45) is 0.946. The lowest BCUT2D eigenvalue weighted by Crippen LogP contribution is -2.13. The fourth-order valence-corrected chi connectivity index (χ4v) is 1.99. The zero-order valence-corrected chi connectivity index (χ0v) is 11.4. The van der Waals surface area contributed by atoms with Crippen LogP contribution in [0.3, 0.4) is 0 Å². The molecule has 1 heterocycles. The number of nitrogens with two attached hydrogens (primary N) is 1. The number of anilines is 1. The Morgan fingerprint density at radius 2 is 2.00 bits per heavy atom. The largest absolute Gasteiger partial charge is 0.378 e. The average Bonchev–Trinajstić information content (AvgIpc) is 2.37. The van der Waals surface area contributed by atoms with Crippen LogP contribution in [-0.4, -0.2) is 25.6 Å². The highest BCUT2D eigenvalue weighted by Crippen LogP contribution is 2.20. The lowest BCUT2D eigenvalue weighted by molar-refractivity contribution is 0.585. The second kappa shape index (κ2) is 5.36. The number of rotatable bonds is 4. The van der Waals surface area contributed by atoms with Gasteiger partial charge in [0.1, 0.15) is 0 Å². The molecule has 3 heteroatoms. The Morgan fingerprint density at radius 1 is 1.22 bits per heavy atom. The molecule has 0 aliphatic carbocycles. The Balaban J connectivity index is 2.32. The summed E-state index contributed by atoms with van der Waals surface area (Å²) in [6.45, 7) is 2.86. The van der Waals surface area contributed by atoms with Crippen molar-refractivity contribution < 1.29 is 0 Å². The summed E-state index contributed by atoms with van der Waals surface area (Å²) in [4.78, 5) is 6.79. The van der Waals surface area contributed by atoms with Crippen LogP contribution < -0.4 is 10.6 Å². The molecule has 2 aromatic rings. The van der Waals surface area contributed by atoms with Crippen molar-refractivity contribution >= 4 is 16.6 Å². The number of benzene rings is 1. The second-order valence-corrected chi connectivity index (χ2v) is 5.12. The topological polar surface area (TPSA) is 42.1 Å². The van der Waals surface area contributed by atoms with Crippen LogP contribution in [0.1, 0.15) is 12.6 Å². The van der Waals surface area contributed by atoms with E-state index >= 15 is 0 Å². The van der Waals surface area contributed by atoms with E-state index in [-0.39, 0.29) is 0 Å². The summed E-state index contributed by atoms with van der Waals surface area (Å²) in [5.41, 5.74) is 9.03. The zero-order chi connectivity index (χ0) is 13.1. The second-order valence-electron chi connectivity index (χ2n) is 5.12. The smallest absolute Gasteiger partial charge is 0.0706 e. The number of hydrogen-bond donors (Lipinski definition) is 1. The predicted molar refractivity (Wildman–Crippen MR) is 78.0 cm³/mol. The van der Waals surface area contributed by atoms with E-state index in [2.05, 4.69) is 47.1 Å². The van der Waals surface area contributed by atoms with Crippen molar-refractivity contribution in [3.63, 3.8) is 0 Å². The molecule has 18 heavy (non-hydrogen) atoms. The SMILES string of the molecule is CC(CN)Cc1ccc2cc(N(C)C)ccc2n1. The maximum atomic E-state index is 5.65. The molecule has 0 aliphatic rings. The molecule has 3 nitrogen and oxygen atoms in total. The molecule has 0 fully saturated rings. The Kier molecular flexibility index (Phi) is 3.82. The first-order valence-electron chi connectivity index (χ1n) is 6.37. The molecule has 0 radical (unpaired) electrons. The van der Waals surface area contributed by atoms with Gasteiger partial charge < -0.3 is 10.6 Å². The lowest BCUT2D eigenvalue weighted by atomic mass is 10.0. The molecular weight excluding hydrogens is 222 g/mol. The van der Waals surface area contributed by atoms with Gasteiger partial charge in [-0.25, -0.2) is 0 Å². The third-order valence-electron chi connectivity index (χ3n) is 3.21. The van der Waals surface area contributed by atoms with Gasteiger partial charge in [-0.1, -0.05) is 13.0 Å². The van der Waals surface area contributed by atoms with Crippen LogP contribution in [0.15, 0.2) is 30.3 Å². The van der Waals surface area contributed by atoms with Crippen LogP contribution in [0.2, 0.25) is 0 Å². The summed E-state index contributed by atoms with van der Waals surface area (Å²) in [7, 11) is 4.10. The van der Waals surface area contributed by atoms with Gasteiger partial charge in [0.2, 0.25) is 0 Å². The first-order chi connectivity index (χ1) is 8.60. The van der Waals surface area contributed by atoms with Crippen LogP contribution >= 0.6 is 0 Å². The quantitative estimate of drug-likeness (QED) is 0.897. The van der Waals surface area contributed by atoms with Crippen LogP contribution in [0.5, 0.6) is 0 Å². The molecule has 2 N–H and O–H groups in total.